The van der Waals surface area contributed by atoms with Crippen LogP contribution in [0.3, 0.4) is 0 Å². The van der Waals surface area contributed by atoms with E-state index >= 15 is 0 Å². The fourth-order valence-electron chi connectivity index (χ4n) is 2.22. The normalized spacial score (nSPS) is 13.3. The number of carbonyl (C=O) groups is 2. The van der Waals surface area contributed by atoms with Gasteiger partial charge in [-0.05, 0) is 23.6 Å². The van der Waals surface area contributed by atoms with E-state index in [1.165, 1.54) is 0 Å². The molecule has 1 aliphatic rings. The van der Waals surface area contributed by atoms with Gasteiger partial charge in [0.05, 0.1) is 12.1 Å². The Labute approximate surface area is 111 Å². The Balaban J connectivity index is 2.17. The van der Waals surface area contributed by atoms with Crippen LogP contribution < -0.4 is 5.32 Å². The van der Waals surface area contributed by atoms with Crippen molar-refractivity contribution in [2.24, 2.45) is 0 Å². The number of carboxylic acid groups (broad SMARTS) is 1. The Morgan fingerprint density at radius 1 is 1.47 bits per heavy atom. The molecule has 2 rings (SSSR count). The number of amides is 2. The second-order valence-corrected chi connectivity index (χ2v) is 4.28. The minimum Gasteiger partial charge on any atom is -0.478 e. The van der Waals surface area contributed by atoms with Gasteiger partial charge in [0.2, 0.25) is 0 Å². The molecule has 2 N–H and O–H groups in total. The third-order valence-corrected chi connectivity index (χ3v) is 3.13. The van der Waals surface area contributed by atoms with E-state index in [1.807, 2.05) is 6.07 Å². The minimum absolute atomic E-state index is 0.192. The molecule has 0 radical (unpaired) electrons. The predicted octanol–water partition coefficient (Wildman–Crippen LogP) is 1.09. The summed E-state index contributed by atoms with van der Waals surface area (Å²) < 4.78 is 0. The maximum Gasteiger partial charge on any atom is 0.335 e. The maximum atomic E-state index is 11.8. The van der Waals surface area contributed by atoms with Gasteiger partial charge >= 0.3 is 12.0 Å². The fourth-order valence-corrected chi connectivity index (χ4v) is 2.22. The highest BCUT2D eigenvalue weighted by molar-refractivity contribution is 5.90. The third-order valence-electron chi connectivity index (χ3n) is 3.13. The first-order valence-corrected chi connectivity index (χ1v) is 5.93. The van der Waals surface area contributed by atoms with Gasteiger partial charge in [-0.1, -0.05) is 18.1 Å². The molecule has 1 aromatic rings. The number of hydrogen-bond acceptors (Lipinski definition) is 2. The Hall–Kier alpha value is -2.48. The highest BCUT2D eigenvalue weighted by atomic mass is 16.4. The molecule has 2 amide bonds. The predicted molar refractivity (Wildman–Crippen MR) is 69.7 cm³/mol. The summed E-state index contributed by atoms with van der Waals surface area (Å²) in [5, 5.41) is 11.7. The van der Waals surface area contributed by atoms with Gasteiger partial charge in [0, 0.05) is 13.1 Å². The van der Waals surface area contributed by atoms with Crippen LogP contribution >= 0.6 is 0 Å². The van der Waals surface area contributed by atoms with Crippen molar-refractivity contribution in [1.82, 2.24) is 10.2 Å². The molecule has 5 nitrogen and oxygen atoms in total. The monoisotopic (exact) mass is 258 g/mol. The Morgan fingerprint density at radius 2 is 2.26 bits per heavy atom. The van der Waals surface area contributed by atoms with Gasteiger partial charge in [-0.2, -0.15) is 0 Å². The lowest BCUT2D eigenvalue weighted by Gasteiger charge is -2.29. The van der Waals surface area contributed by atoms with E-state index in [1.54, 1.807) is 17.0 Å². The van der Waals surface area contributed by atoms with Crippen molar-refractivity contribution in [2.75, 3.05) is 13.1 Å². The summed E-state index contributed by atoms with van der Waals surface area (Å²) in [6.07, 6.45) is 5.63. The van der Waals surface area contributed by atoms with Gasteiger partial charge in [-0.3, -0.25) is 0 Å². The molecule has 5 heteroatoms. The minimum atomic E-state index is -0.929. The summed E-state index contributed by atoms with van der Waals surface area (Å²) in [5.74, 6) is 1.42. The standard InChI is InChI=1S/C14H14N2O3/c1-2-7-15-14(19)16-8-6-11-10(9-16)4-3-5-12(11)13(17)18/h1,3-5H,6-9H2,(H,15,19)(H,17,18). The largest absolute Gasteiger partial charge is 0.478 e. The van der Waals surface area contributed by atoms with Crippen LogP contribution in [0.25, 0.3) is 0 Å². The first-order chi connectivity index (χ1) is 9.13. The van der Waals surface area contributed by atoms with Gasteiger partial charge in [0.1, 0.15) is 0 Å². The van der Waals surface area contributed by atoms with E-state index in [0.29, 0.717) is 25.1 Å². The van der Waals surface area contributed by atoms with Crippen LogP contribution in [0.5, 0.6) is 0 Å². The fraction of sp³-hybridized carbons (Fsp3) is 0.286. The number of aromatic carboxylic acids is 1. The molecule has 0 aromatic heterocycles. The average Bonchev–Trinajstić information content (AvgIpc) is 2.43. The molecular weight excluding hydrogens is 244 g/mol. The molecule has 0 unspecified atom stereocenters. The van der Waals surface area contributed by atoms with Crippen LogP contribution in [-0.2, 0) is 13.0 Å². The molecule has 0 spiro atoms. The topological polar surface area (TPSA) is 69.6 Å². The molecule has 98 valence electrons. The Morgan fingerprint density at radius 3 is 2.95 bits per heavy atom. The summed E-state index contributed by atoms with van der Waals surface area (Å²) in [7, 11) is 0. The number of nitrogens with zero attached hydrogens (tertiary/aromatic N) is 1. The van der Waals surface area contributed by atoms with E-state index in [0.717, 1.165) is 11.1 Å². The molecule has 0 atom stereocenters. The number of benzene rings is 1. The van der Waals surface area contributed by atoms with Crippen LogP contribution in [0, 0.1) is 12.3 Å². The highest BCUT2D eigenvalue weighted by Crippen LogP contribution is 2.22. The second-order valence-electron chi connectivity index (χ2n) is 4.28. The molecular formula is C14H14N2O3. The molecule has 0 fully saturated rings. The quantitative estimate of drug-likeness (QED) is 0.780. The molecule has 19 heavy (non-hydrogen) atoms. The van der Waals surface area contributed by atoms with Crippen molar-refractivity contribution in [3.05, 3.63) is 34.9 Å². The maximum absolute atomic E-state index is 11.8. The number of rotatable bonds is 2. The Kier molecular flexibility index (Phi) is 3.71. The van der Waals surface area contributed by atoms with Gasteiger partial charge in [0.25, 0.3) is 0 Å². The zero-order valence-corrected chi connectivity index (χ0v) is 10.3. The number of hydrogen-bond donors (Lipinski definition) is 2. The first-order valence-electron chi connectivity index (χ1n) is 5.93. The molecule has 0 aliphatic carbocycles. The first kappa shape index (κ1) is 13.0. The van der Waals surface area contributed by atoms with E-state index in [4.69, 9.17) is 11.5 Å². The molecule has 0 saturated heterocycles. The lowest BCUT2D eigenvalue weighted by Crippen LogP contribution is -2.43. The van der Waals surface area contributed by atoms with Crippen molar-refractivity contribution in [1.29, 1.82) is 0 Å². The van der Waals surface area contributed by atoms with Crippen molar-refractivity contribution >= 4 is 12.0 Å². The molecule has 1 aliphatic heterocycles. The number of terminal acetylenes is 1. The lowest BCUT2D eigenvalue weighted by atomic mass is 9.95. The van der Waals surface area contributed by atoms with E-state index < -0.39 is 5.97 Å². The Bertz CT molecular complexity index is 560. The van der Waals surface area contributed by atoms with Crippen molar-refractivity contribution in [3.8, 4) is 12.3 Å². The van der Waals surface area contributed by atoms with Crippen molar-refractivity contribution in [2.45, 2.75) is 13.0 Å². The van der Waals surface area contributed by atoms with Crippen molar-refractivity contribution < 1.29 is 14.7 Å². The summed E-state index contributed by atoms with van der Waals surface area (Å²) in [5.41, 5.74) is 2.01. The molecule has 0 bridgehead atoms. The van der Waals surface area contributed by atoms with E-state index in [-0.39, 0.29) is 12.6 Å². The summed E-state index contributed by atoms with van der Waals surface area (Å²) in [6, 6.07) is 4.92. The zero-order valence-electron chi connectivity index (χ0n) is 10.3. The number of urea groups is 1. The number of carbonyl (C=O) groups excluding carboxylic acids is 1. The average molecular weight is 258 g/mol. The van der Waals surface area contributed by atoms with Crippen molar-refractivity contribution in [3.63, 3.8) is 0 Å². The third kappa shape index (κ3) is 2.68. The van der Waals surface area contributed by atoms with Crippen LogP contribution in [0.2, 0.25) is 0 Å². The van der Waals surface area contributed by atoms with Gasteiger partial charge in [0.15, 0.2) is 0 Å². The van der Waals surface area contributed by atoms with Crippen LogP contribution in [-0.4, -0.2) is 35.1 Å². The number of fused-ring (bicyclic) bond motifs is 1. The van der Waals surface area contributed by atoms with Gasteiger partial charge < -0.3 is 15.3 Å². The van der Waals surface area contributed by atoms with E-state index in [9.17, 15) is 9.59 Å². The number of carboxylic acids is 1. The van der Waals surface area contributed by atoms with Crippen LogP contribution in [0.1, 0.15) is 21.5 Å². The zero-order chi connectivity index (χ0) is 13.8. The molecule has 0 saturated carbocycles. The SMILES string of the molecule is C#CCNC(=O)N1CCc2c(cccc2C(=O)O)C1. The van der Waals surface area contributed by atoms with Crippen LogP contribution in [0.4, 0.5) is 4.79 Å². The van der Waals surface area contributed by atoms with E-state index in [2.05, 4.69) is 11.2 Å². The summed E-state index contributed by atoms with van der Waals surface area (Å²) in [6.45, 7) is 1.10. The van der Waals surface area contributed by atoms with Gasteiger partial charge in [-0.15, -0.1) is 6.42 Å². The molecule has 1 heterocycles. The van der Waals surface area contributed by atoms with Crippen LogP contribution in [0.15, 0.2) is 18.2 Å². The lowest BCUT2D eigenvalue weighted by molar-refractivity contribution is 0.0695. The van der Waals surface area contributed by atoms with Gasteiger partial charge in [-0.25, -0.2) is 9.59 Å². The number of nitrogens with one attached hydrogen (secondary N) is 1. The summed E-state index contributed by atoms with van der Waals surface area (Å²) >= 11 is 0. The smallest absolute Gasteiger partial charge is 0.335 e. The second kappa shape index (κ2) is 5.44. The highest BCUT2D eigenvalue weighted by Gasteiger charge is 2.23. The molecule has 1 aromatic carbocycles. The summed E-state index contributed by atoms with van der Waals surface area (Å²) in [4.78, 5) is 24.5.